The zero-order chi connectivity index (χ0) is 23.2. The van der Waals surface area contributed by atoms with Gasteiger partial charge in [0.2, 0.25) is 0 Å². The van der Waals surface area contributed by atoms with Crippen LogP contribution in [0.25, 0.3) is 22.4 Å². The number of pyridine rings is 1. The summed E-state index contributed by atoms with van der Waals surface area (Å²) < 4.78 is 19.0. The van der Waals surface area contributed by atoms with Crippen molar-refractivity contribution in [2.75, 3.05) is 18.5 Å². The minimum atomic E-state index is -0.633. The van der Waals surface area contributed by atoms with Gasteiger partial charge in [-0.3, -0.25) is 4.68 Å². The van der Waals surface area contributed by atoms with Gasteiger partial charge in [-0.1, -0.05) is 41.9 Å². The van der Waals surface area contributed by atoms with Crippen LogP contribution in [0, 0.1) is 0 Å². The number of rotatable bonds is 6. The molecule has 0 aliphatic carbocycles. The monoisotopic (exact) mass is 482 g/mol. The number of nitrogens with one attached hydrogen (secondary N) is 2. The molecule has 0 spiro atoms. The Bertz CT molecular complexity index is 1330. The molecule has 0 amide bonds. The Labute approximate surface area is 199 Å². The molecule has 1 aromatic carbocycles. The van der Waals surface area contributed by atoms with Crippen LogP contribution in [-0.2, 0) is 23.1 Å². The number of halogens is 1. The number of aliphatic hydroxyl groups excluding tert-OH is 1. The predicted octanol–water partition coefficient (Wildman–Crippen LogP) is 2.53. The lowest BCUT2D eigenvalue weighted by Gasteiger charge is -2.15. The number of imidazole rings is 1. The highest BCUT2D eigenvalue weighted by Crippen LogP contribution is 2.31. The normalized spacial score (nSPS) is 24.0. The quantitative estimate of drug-likeness (QED) is 0.383. The van der Waals surface area contributed by atoms with E-state index in [0.717, 1.165) is 17.0 Å². The second-order valence-electron chi connectivity index (χ2n) is 8.42. The third-order valence-corrected chi connectivity index (χ3v) is 6.37. The maximum absolute atomic E-state index is 9.90. The van der Waals surface area contributed by atoms with Gasteiger partial charge in [0, 0.05) is 7.05 Å². The van der Waals surface area contributed by atoms with Crippen molar-refractivity contribution in [2.24, 2.45) is 7.05 Å². The molecule has 4 atom stereocenters. The summed E-state index contributed by atoms with van der Waals surface area (Å²) >= 11 is 6.46. The van der Waals surface area contributed by atoms with E-state index in [-0.39, 0.29) is 24.9 Å². The van der Waals surface area contributed by atoms with Crippen LogP contribution in [0.5, 0.6) is 6.01 Å². The molecule has 0 radical (unpaired) electrons. The van der Waals surface area contributed by atoms with Crippen molar-refractivity contribution < 1.29 is 19.3 Å². The highest BCUT2D eigenvalue weighted by Gasteiger charge is 2.48. The summed E-state index contributed by atoms with van der Waals surface area (Å²) in [7, 11) is 1.92. The second-order valence-corrected chi connectivity index (χ2v) is 8.82. The van der Waals surface area contributed by atoms with E-state index >= 15 is 0 Å². The smallest absolute Gasteiger partial charge is 0.296 e. The molecule has 2 aliphatic heterocycles. The number of ether oxygens (including phenoxy) is 3. The SMILES string of the molecule is Cn1nc(CNc2nc3nc(O[C@@H]4CO[C@H]5[C@@H]4OC[C@H]5O)[nH]c3cc2Cl)cc1-c1ccccc1. The molecule has 11 heteroatoms. The number of fused-ring (bicyclic) bond motifs is 2. The van der Waals surface area contributed by atoms with Crippen molar-refractivity contribution in [3.05, 3.63) is 53.2 Å². The maximum atomic E-state index is 9.90. The van der Waals surface area contributed by atoms with Crippen LogP contribution in [0.15, 0.2) is 42.5 Å². The average molecular weight is 483 g/mol. The molecule has 10 nitrogen and oxygen atoms in total. The third-order valence-electron chi connectivity index (χ3n) is 6.09. The topological polar surface area (TPSA) is 119 Å². The molecule has 0 unspecified atom stereocenters. The summed E-state index contributed by atoms with van der Waals surface area (Å²) in [5.74, 6) is 0.505. The van der Waals surface area contributed by atoms with Gasteiger partial charge in [0.05, 0.1) is 41.7 Å². The summed E-state index contributed by atoms with van der Waals surface area (Å²) in [6, 6.07) is 14.2. The van der Waals surface area contributed by atoms with E-state index in [2.05, 4.69) is 37.5 Å². The zero-order valence-corrected chi connectivity index (χ0v) is 19.1. The highest BCUT2D eigenvalue weighted by molar-refractivity contribution is 6.33. The number of nitrogens with zero attached hydrogens (tertiary/aromatic N) is 4. The van der Waals surface area contributed by atoms with Gasteiger partial charge in [0.1, 0.15) is 24.1 Å². The van der Waals surface area contributed by atoms with Gasteiger partial charge in [0.25, 0.3) is 6.01 Å². The number of aromatic nitrogens is 5. The Morgan fingerprint density at radius 2 is 2.00 bits per heavy atom. The highest BCUT2D eigenvalue weighted by atomic mass is 35.5. The molecular formula is C23H23ClN6O4. The second kappa shape index (κ2) is 8.55. The van der Waals surface area contributed by atoms with Crippen molar-refractivity contribution in [1.82, 2.24) is 24.7 Å². The standard InChI is InChI=1S/C23H23ClN6O4/c1-30-16(12-5-3-2-4-6-12)7-13(29-30)9-25-21-14(24)8-15-22(27-21)28-23(26-15)34-18-11-33-19-17(31)10-32-20(18)19/h2-8,17-20,31H,9-11H2,1H3,(H2,25,26,27,28)/t17-,18-,19-,20-/m1/s1. The van der Waals surface area contributed by atoms with Gasteiger partial charge in [-0.15, -0.1) is 0 Å². The van der Waals surface area contributed by atoms with E-state index in [1.165, 1.54) is 0 Å². The number of benzene rings is 1. The minimum absolute atomic E-state index is 0.241. The fourth-order valence-corrected chi connectivity index (χ4v) is 4.65. The first-order chi connectivity index (χ1) is 16.5. The predicted molar refractivity (Wildman–Crippen MR) is 125 cm³/mol. The number of hydrogen-bond acceptors (Lipinski definition) is 8. The van der Waals surface area contributed by atoms with Gasteiger partial charge in [0.15, 0.2) is 11.8 Å². The Morgan fingerprint density at radius 3 is 2.85 bits per heavy atom. The first-order valence-electron chi connectivity index (χ1n) is 11.0. The summed E-state index contributed by atoms with van der Waals surface area (Å²) in [6.45, 7) is 1.01. The maximum Gasteiger partial charge on any atom is 0.296 e. The van der Waals surface area contributed by atoms with Crippen molar-refractivity contribution >= 4 is 28.6 Å². The van der Waals surface area contributed by atoms with Gasteiger partial charge in [-0.05, 0) is 17.7 Å². The molecule has 0 saturated carbocycles. The molecule has 34 heavy (non-hydrogen) atoms. The van der Waals surface area contributed by atoms with E-state index in [0.29, 0.717) is 41.2 Å². The number of H-pyrrole nitrogens is 1. The fourth-order valence-electron chi connectivity index (χ4n) is 4.43. The molecule has 2 fully saturated rings. The molecule has 5 heterocycles. The van der Waals surface area contributed by atoms with Crippen LogP contribution in [0.4, 0.5) is 5.82 Å². The van der Waals surface area contributed by atoms with Crippen LogP contribution in [0.3, 0.4) is 0 Å². The van der Waals surface area contributed by atoms with E-state index in [9.17, 15) is 5.11 Å². The Hall–Kier alpha value is -3.18. The molecule has 2 aliphatic rings. The van der Waals surface area contributed by atoms with Crippen LogP contribution in [-0.4, -0.2) is 67.5 Å². The summed E-state index contributed by atoms with van der Waals surface area (Å²) in [6.07, 6.45) is -1.69. The van der Waals surface area contributed by atoms with Gasteiger partial charge >= 0.3 is 0 Å². The van der Waals surface area contributed by atoms with Gasteiger partial charge in [-0.25, -0.2) is 4.98 Å². The van der Waals surface area contributed by atoms with Crippen molar-refractivity contribution in [3.63, 3.8) is 0 Å². The minimum Gasteiger partial charge on any atom is -0.456 e. The lowest BCUT2D eigenvalue weighted by atomic mass is 10.1. The molecule has 3 aromatic heterocycles. The lowest BCUT2D eigenvalue weighted by Crippen LogP contribution is -2.34. The molecule has 6 rings (SSSR count). The molecule has 0 bridgehead atoms. The van der Waals surface area contributed by atoms with E-state index in [1.807, 2.05) is 36.0 Å². The van der Waals surface area contributed by atoms with E-state index in [1.54, 1.807) is 6.07 Å². The van der Waals surface area contributed by atoms with Gasteiger partial charge < -0.3 is 29.6 Å². The van der Waals surface area contributed by atoms with Crippen molar-refractivity contribution in [2.45, 2.75) is 31.0 Å². The molecule has 3 N–H and O–H groups in total. The molecule has 4 aromatic rings. The third kappa shape index (κ3) is 3.88. The summed E-state index contributed by atoms with van der Waals surface area (Å²) in [5, 5.41) is 18.2. The summed E-state index contributed by atoms with van der Waals surface area (Å²) in [5.41, 5.74) is 4.10. The first-order valence-corrected chi connectivity index (χ1v) is 11.4. The number of aryl methyl sites for hydroxylation is 1. The van der Waals surface area contributed by atoms with Crippen LogP contribution >= 0.6 is 11.6 Å². The van der Waals surface area contributed by atoms with Crippen molar-refractivity contribution in [3.8, 4) is 17.3 Å². The number of hydrogen-bond donors (Lipinski definition) is 3. The van der Waals surface area contributed by atoms with Crippen LogP contribution in [0.1, 0.15) is 5.69 Å². The number of anilines is 1. The van der Waals surface area contributed by atoms with Crippen LogP contribution < -0.4 is 10.1 Å². The molecular weight excluding hydrogens is 460 g/mol. The van der Waals surface area contributed by atoms with Crippen LogP contribution in [0.2, 0.25) is 5.02 Å². The Balaban J connectivity index is 1.17. The summed E-state index contributed by atoms with van der Waals surface area (Å²) in [4.78, 5) is 12.1. The number of aromatic amines is 1. The Morgan fingerprint density at radius 1 is 1.18 bits per heavy atom. The van der Waals surface area contributed by atoms with E-state index < -0.39 is 6.10 Å². The molecule has 176 valence electrons. The van der Waals surface area contributed by atoms with Gasteiger partial charge in [-0.2, -0.15) is 10.1 Å². The lowest BCUT2D eigenvalue weighted by molar-refractivity contribution is 0.00706. The van der Waals surface area contributed by atoms with E-state index in [4.69, 9.17) is 25.8 Å². The number of aliphatic hydroxyl groups is 1. The average Bonchev–Trinajstić information content (AvgIpc) is 3.59. The Kier molecular flexibility index (Phi) is 5.37. The fraction of sp³-hybridized carbons (Fsp3) is 0.348. The largest absolute Gasteiger partial charge is 0.456 e. The van der Waals surface area contributed by atoms with Crippen molar-refractivity contribution in [1.29, 1.82) is 0 Å². The first kappa shape index (κ1) is 21.4. The molecule has 2 saturated heterocycles. The zero-order valence-electron chi connectivity index (χ0n) is 18.3.